The minimum atomic E-state index is -3.36. The largest absolute Gasteiger partial charge is 0.399 e. The van der Waals surface area contributed by atoms with Crippen molar-refractivity contribution in [2.75, 3.05) is 18.1 Å². The fourth-order valence-corrected chi connectivity index (χ4v) is 4.72. The molecule has 2 heterocycles. The lowest BCUT2D eigenvalue weighted by Crippen LogP contribution is -2.62. The van der Waals surface area contributed by atoms with Crippen LogP contribution in [0.3, 0.4) is 0 Å². The monoisotopic (exact) mass is 308 g/mol. The second kappa shape index (κ2) is 4.24. The van der Waals surface area contributed by atoms with E-state index in [9.17, 15) is 8.42 Å². The Balaban J connectivity index is 2.17. The molecule has 1 spiro atoms. The van der Waals surface area contributed by atoms with Crippen molar-refractivity contribution in [2.45, 2.75) is 30.7 Å². The number of sulfone groups is 1. The van der Waals surface area contributed by atoms with E-state index in [1.54, 1.807) is 19.9 Å². The van der Waals surface area contributed by atoms with Crippen LogP contribution in [0.15, 0.2) is 30.5 Å². The molecule has 1 saturated heterocycles. The molecule has 114 valence electrons. The van der Waals surface area contributed by atoms with Gasteiger partial charge in [0.05, 0.1) is 19.0 Å². The smallest absolute Gasteiger partial charge is 0.163 e. The average Bonchev–Trinajstić information content (AvgIpc) is 2.37. The number of ether oxygens (including phenoxy) is 1. The molecule has 3 N–H and O–H groups in total. The van der Waals surface area contributed by atoms with E-state index in [0.29, 0.717) is 18.0 Å². The van der Waals surface area contributed by atoms with Gasteiger partial charge in [0.2, 0.25) is 0 Å². The number of fused-ring (bicyclic) bond motifs is 2. The van der Waals surface area contributed by atoms with Gasteiger partial charge in [0, 0.05) is 11.4 Å². The number of nitrogens with one attached hydrogen (secondary N) is 1. The summed E-state index contributed by atoms with van der Waals surface area (Å²) in [5.74, 6) is -0.0253. The van der Waals surface area contributed by atoms with E-state index in [1.165, 1.54) is 0 Å². The van der Waals surface area contributed by atoms with Gasteiger partial charge in [-0.1, -0.05) is 12.6 Å². The molecular weight excluding hydrogens is 288 g/mol. The van der Waals surface area contributed by atoms with Crippen LogP contribution in [-0.2, 0) is 26.7 Å². The molecule has 3 rings (SSSR count). The summed E-state index contributed by atoms with van der Waals surface area (Å²) in [5, 5.41) is 3.31. The highest BCUT2D eigenvalue weighted by Crippen LogP contribution is 2.41. The molecule has 0 aliphatic carbocycles. The molecule has 1 atom stereocenters. The normalized spacial score (nSPS) is 29.7. The van der Waals surface area contributed by atoms with Crippen molar-refractivity contribution < 1.29 is 13.2 Å². The first kappa shape index (κ1) is 14.4. The molecule has 0 saturated carbocycles. The Bertz CT molecular complexity index is 724. The van der Waals surface area contributed by atoms with E-state index in [2.05, 4.69) is 11.9 Å². The number of nitrogens with two attached hydrogens (primary N) is 1. The van der Waals surface area contributed by atoms with Crippen molar-refractivity contribution >= 4 is 15.5 Å². The Morgan fingerprint density at radius 3 is 2.76 bits per heavy atom. The summed E-state index contributed by atoms with van der Waals surface area (Å²) in [7, 11) is -3.36. The fourth-order valence-electron chi connectivity index (χ4n) is 2.97. The Morgan fingerprint density at radius 2 is 2.10 bits per heavy atom. The van der Waals surface area contributed by atoms with Crippen LogP contribution in [-0.4, -0.2) is 25.5 Å². The van der Waals surface area contributed by atoms with E-state index in [4.69, 9.17) is 10.5 Å². The van der Waals surface area contributed by atoms with Crippen LogP contribution in [0.2, 0.25) is 0 Å². The van der Waals surface area contributed by atoms with Crippen LogP contribution in [0.25, 0.3) is 0 Å². The zero-order valence-electron chi connectivity index (χ0n) is 12.3. The maximum Gasteiger partial charge on any atom is 0.163 e. The highest BCUT2D eigenvalue weighted by Gasteiger charge is 2.52. The third-order valence-corrected chi connectivity index (χ3v) is 7.26. The van der Waals surface area contributed by atoms with Crippen molar-refractivity contribution in [1.29, 1.82) is 0 Å². The van der Waals surface area contributed by atoms with Crippen LogP contribution in [0, 0.1) is 0 Å². The molecule has 21 heavy (non-hydrogen) atoms. The summed E-state index contributed by atoms with van der Waals surface area (Å²) in [6, 6.07) is 5.53. The van der Waals surface area contributed by atoms with Gasteiger partial charge in [-0.2, -0.15) is 0 Å². The summed E-state index contributed by atoms with van der Waals surface area (Å²) in [6.07, 6.45) is 0. The maximum atomic E-state index is 12.7. The third-order valence-electron chi connectivity index (χ3n) is 4.59. The minimum absolute atomic E-state index is 0.0253. The first-order valence-electron chi connectivity index (χ1n) is 6.84. The number of hydrogen-bond acceptors (Lipinski definition) is 5. The topological polar surface area (TPSA) is 81.4 Å². The lowest BCUT2D eigenvalue weighted by Gasteiger charge is -2.48. The highest BCUT2D eigenvalue weighted by atomic mass is 32.2. The number of hydrogen-bond donors (Lipinski definition) is 2. The van der Waals surface area contributed by atoms with Crippen LogP contribution in [0.5, 0.6) is 0 Å². The summed E-state index contributed by atoms with van der Waals surface area (Å²) in [5.41, 5.74) is 8.06. The number of rotatable bonds is 0. The quantitative estimate of drug-likeness (QED) is 0.706. The fraction of sp³-hybridized carbons (Fsp3) is 0.467. The first-order chi connectivity index (χ1) is 9.68. The van der Waals surface area contributed by atoms with E-state index in [-0.39, 0.29) is 12.4 Å². The lowest BCUT2D eigenvalue weighted by atomic mass is 9.85. The highest BCUT2D eigenvalue weighted by molar-refractivity contribution is 7.93. The SMILES string of the molecule is C=C1N[C@@]2(COCc3ccc(N)cc32)CS(=O)(=O)C1(C)C. The number of anilines is 1. The third kappa shape index (κ3) is 1.97. The number of nitrogen functional groups attached to an aromatic ring is 1. The lowest BCUT2D eigenvalue weighted by molar-refractivity contribution is 0.0465. The zero-order valence-corrected chi connectivity index (χ0v) is 13.1. The minimum Gasteiger partial charge on any atom is -0.399 e. The van der Waals surface area contributed by atoms with Gasteiger partial charge < -0.3 is 15.8 Å². The maximum absolute atomic E-state index is 12.7. The number of benzene rings is 1. The van der Waals surface area contributed by atoms with Gasteiger partial charge in [-0.25, -0.2) is 8.42 Å². The molecular formula is C15H20N2O3S. The van der Waals surface area contributed by atoms with Gasteiger partial charge >= 0.3 is 0 Å². The first-order valence-corrected chi connectivity index (χ1v) is 8.50. The average molecular weight is 308 g/mol. The Hall–Kier alpha value is -1.53. The summed E-state index contributed by atoms with van der Waals surface area (Å²) >= 11 is 0. The van der Waals surface area contributed by atoms with Crippen molar-refractivity contribution in [3.05, 3.63) is 41.6 Å². The zero-order chi connectivity index (χ0) is 15.5. The summed E-state index contributed by atoms with van der Waals surface area (Å²) in [4.78, 5) is 0. The van der Waals surface area contributed by atoms with Gasteiger partial charge in [0.15, 0.2) is 9.84 Å². The van der Waals surface area contributed by atoms with Crippen molar-refractivity contribution in [3.63, 3.8) is 0 Å². The van der Waals surface area contributed by atoms with Gasteiger partial charge in [-0.15, -0.1) is 0 Å². The van der Waals surface area contributed by atoms with Crippen molar-refractivity contribution in [2.24, 2.45) is 0 Å². The molecule has 0 amide bonds. The Labute approximate surface area is 125 Å². The predicted octanol–water partition coefficient (Wildman–Crippen LogP) is 1.30. The van der Waals surface area contributed by atoms with Gasteiger partial charge in [-0.3, -0.25) is 0 Å². The molecule has 1 fully saturated rings. The van der Waals surface area contributed by atoms with E-state index in [1.807, 2.05) is 12.1 Å². The molecule has 1 aromatic carbocycles. The Kier molecular flexibility index (Phi) is 2.91. The molecule has 5 nitrogen and oxygen atoms in total. The van der Waals surface area contributed by atoms with E-state index >= 15 is 0 Å². The van der Waals surface area contributed by atoms with E-state index < -0.39 is 20.1 Å². The van der Waals surface area contributed by atoms with Crippen molar-refractivity contribution in [1.82, 2.24) is 5.32 Å². The molecule has 0 bridgehead atoms. The van der Waals surface area contributed by atoms with Crippen LogP contribution in [0.1, 0.15) is 25.0 Å². The van der Waals surface area contributed by atoms with E-state index in [0.717, 1.165) is 11.1 Å². The van der Waals surface area contributed by atoms with Gasteiger partial charge in [-0.05, 0) is 37.1 Å². The second-order valence-electron chi connectivity index (χ2n) is 6.36. The summed E-state index contributed by atoms with van der Waals surface area (Å²) in [6.45, 7) is 8.04. The summed E-state index contributed by atoms with van der Waals surface area (Å²) < 4.78 is 30.0. The molecule has 2 aliphatic heterocycles. The Morgan fingerprint density at radius 1 is 1.38 bits per heavy atom. The standard InChI is InChI=1S/C15H20N2O3S/c1-10-14(2,3)21(18,19)9-15(17-10)8-20-7-11-4-5-12(16)6-13(11)15/h4-6,17H,1,7-9,16H2,2-3H3/t15-/m0/s1. The van der Waals surface area contributed by atoms with Crippen LogP contribution >= 0.6 is 0 Å². The van der Waals surface area contributed by atoms with Gasteiger partial charge in [0.1, 0.15) is 10.3 Å². The molecule has 6 heteroatoms. The molecule has 0 unspecified atom stereocenters. The van der Waals surface area contributed by atoms with Crippen molar-refractivity contribution in [3.8, 4) is 0 Å². The van der Waals surface area contributed by atoms with Gasteiger partial charge in [0.25, 0.3) is 0 Å². The molecule has 0 radical (unpaired) electrons. The molecule has 1 aromatic rings. The molecule has 2 aliphatic rings. The van der Waals surface area contributed by atoms with Crippen LogP contribution in [0.4, 0.5) is 5.69 Å². The van der Waals surface area contributed by atoms with Crippen LogP contribution < -0.4 is 11.1 Å². The second-order valence-corrected chi connectivity index (χ2v) is 8.90. The predicted molar refractivity (Wildman–Crippen MR) is 82.3 cm³/mol. The molecule has 0 aromatic heterocycles.